The molecule has 0 spiro atoms. The van der Waals surface area contributed by atoms with Gasteiger partial charge in [0, 0.05) is 5.92 Å². The number of carbonyl (C=O) groups excluding carboxylic acids is 1. The van der Waals surface area contributed by atoms with E-state index in [4.69, 9.17) is 4.74 Å². The van der Waals surface area contributed by atoms with Crippen molar-refractivity contribution in [2.45, 2.75) is 40.0 Å². The molecule has 0 aliphatic rings. The molecule has 1 aromatic rings. The highest BCUT2D eigenvalue weighted by Crippen LogP contribution is 2.26. The van der Waals surface area contributed by atoms with Crippen LogP contribution >= 0.6 is 0 Å². The van der Waals surface area contributed by atoms with Gasteiger partial charge in [0.15, 0.2) is 17.3 Å². The largest absolute Gasteiger partial charge is 0.494 e. The van der Waals surface area contributed by atoms with Crippen molar-refractivity contribution in [3.05, 3.63) is 29.3 Å². The Morgan fingerprint density at radius 3 is 2.35 bits per heavy atom. The van der Waals surface area contributed by atoms with Crippen LogP contribution in [-0.2, 0) is 0 Å². The molecule has 0 bridgehead atoms. The van der Waals surface area contributed by atoms with Crippen LogP contribution in [0.1, 0.15) is 50.4 Å². The van der Waals surface area contributed by atoms with Crippen molar-refractivity contribution < 1.29 is 18.3 Å². The Morgan fingerprint density at radius 2 is 1.85 bits per heavy atom. The van der Waals surface area contributed by atoms with Crippen molar-refractivity contribution in [2.24, 2.45) is 11.8 Å². The smallest absolute Gasteiger partial charge is 0.201 e. The van der Waals surface area contributed by atoms with Gasteiger partial charge < -0.3 is 4.74 Å². The minimum absolute atomic E-state index is 0.182. The minimum Gasteiger partial charge on any atom is -0.494 e. The van der Waals surface area contributed by atoms with Crippen LogP contribution in [0, 0.1) is 23.5 Å². The molecule has 0 saturated heterocycles. The molecule has 0 heterocycles. The van der Waals surface area contributed by atoms with Gasteiger partial charge in [-0.05, 0) is 30.9 Å². The number of rotatable bonds is 7. The van der Waals surface area contributed by atoms with Crippen molar-refractivity contribution in [1.82, 2.24) is 0 Å². The molecule has 20 heavy (non-hydrogen) atoms. The highest BCUT2D eigenvalue weighted by Gasteiger charge is 2.24. The van der Waals surface area contributed by atoms with E-state index in [9.17, 15) is 13.6 Å². The monoisotopic (exact) mass is 284 g/mol. The summed E-state index contributed by atoms with van der Waals surface area (Å²) in [6.45, 7) is 6.04. The van der Waals surface area contributed by atoms with E-state index in [-0.39, 0.29) is 23.0 Å². The highest BCUT2D eigenvalue weighted by molar-refractivity contribution is 5.98. The van der Waals surface area contributed by atoms with Crippen LogP contribution in [0.25, 0.3) is 0 Å². The van der Waals surface area contributed by atoms with Crippen molar-refractivity contribution in [2.75, 3.05) is 7.11 Å². The van der Waals surface area contributed by atoms with Crippen molar-refractivity contribution >= 4 is 5.78 Å². The maximum Gasteiger partial charge on any atom is 0.201 e. The summed E-state index contributed by atoms with van der Waals surface area (Å²) in [5.41, 5.74) is -0.182. The molecule has 4 heteroatoms. The number of benzene rings is 1. The van der Waals surface area contributed by atoms with Crippen LogP contribution in [0.5, 0.6) is 5.75 Å². The quantitative estimate of drug-likeness (QED) is 0.683. The highest BCUT2D eigenvalue weighted by atomic mass is 19.2. The molecule has 0 aliphatic carbocycles. The van der Waals surface area contributed by atoms with Crippen LogP contribution < -0.4 is 4.74 Å². The molecule has 2 nitrogen and oxygen atoms in total. The lowest BCUT2D eigenvalue weighted by Gasteiger charge is -2.16. The third kappa shape index (κ3) is 3.78. The summed E-state index contributed by atoms with van der Waals surface area (Å²) in [5.74, 6) is -2.51. The Morgan fingerprint density at radius 1 is 1.20 bits per heavy atom. The molecule has 1 atom stereocenters. The summed E-state index contributed by atoms with van der Waals surface area (Å²) in [7, 11) is 1.26. The molecular formula is C16H22F2O2. The summed E-state index contributed by atoms with van der Waals surface area (Å²) in [6, 6.07) is 2.60. The van der Waals surface area contributed by atoms with E-state index in [1.165, 1.54) is 19.2 Å². The molecule has 112 valence electrons. The van der Waals surface area contributed by atoms with E-state index in [1.807, 2.05) is 6.92 Å². The van der Waals surface area contributed by atoms with Crippen LogP contribution in [0.15, 0.2) is 12.1 Å². The zero-order chi connectivity index (χ0) is 15.3. The van der Waals surface area contributed by atoms with Crippen LogP contribution in [0.4, 0.5) is 8.78 Å². The molecular weight excluding hydrogens is 262 g/mol. The number of Topliss-reactive ketones (excluding diaryl/α,β-unsaturated/α-hetero) is 1. The van der Waals surface area contributed by atoms with E-state index in [0.717, 1.165) is 6.42 Å². The van der Waals surface area contributed by atoms with Gasteiger partial charge in [-0.1, -0.05) is 27.2 Å². The van der Waals surface area contributed by atoms with Gasteiger partial charge >= 0.3 is 0 Å². The van der Waals surface area contributed by atoms with Gasteiger partial charge in [-0.3, -0.25) is 4.79 Å². The second-order valence-corrected chi connectivity index (χ2v) is 5.38. The first-order valence-corrected chi connectivity index (χ1v) is 6.98. The topological polar surface area (TPSA) is 26.3 Å². The Balaban J connectivity index is 2.98. The molecule has 1 unspecified atom stereocenters. The average molecular weight is 284 g/mol. The second-order valence-electron chi connectivity index (χ2n) is 5.38. The third-order valence-corrected chi connectivity index (χ3v) is 3.49. The van der Waals surface area contributed by atoms with Gasteiger partial charge in [0.05, 0.1) is 12.7 Å². The number of methoxy groups -OCH3 is 1. The second kappa shape index (κ2) is 7.36. The van der Waals surface area contributed by atoms with Gasteiger partial charge in [-0.2, -0.15) is 4.39 Å². The zero-order valence-electron chi connectivity index (χ0n) is 12.5. The van der Waals surface area contributed by atoms with Crippen LogP contribution in [-0.4, -0.2) is 12.9 Å². The Bertz CT molecular complexity index is 470. The molecule has 0 fully saturated rings. The summed E-state index contributed by atoms with van der Waals surface area (Å²) in [5, 5.41) is 0. The fourth-order valence-electron chi connectivity index (χ4n) is 2.15. The SMILES string of the molecule is CCC(CCC(C)C)C(=O)c1ccc(OC)c(F)c1F. The molecule has 1 rings (SSSR count). The first kappa shape index (κ1) is 16.6. The van der Waals surface area contributed by atoms with Crippen molar-refractivity contribution in [3.8, 4) is 5.75 Å². The van der Waals surface area contributed by atoms with Gasteiger partial charge in [-0.25, -0.2) is 4.39 Å². The lowest BCUT2D eigenvalue weighted by Crippen LogP contribution is -2.17. The first-order valence-electron chi connectivity index (χ1n) is 6.98. The summed E-state index contributed by atoms with van der Waals surface area (Å²) in [4.78, 5) is 12.3. The van der Waals surface area contributed by atoms with Gasteiger partial charge in [0.1, 0.15) is 0 Å². The number of hydrogen-bond donors (Lipinski definition) is 0. The van der Waals surface area contributed by atoms with Gasteiger partial charge in [0.2, 0.25) is 5.82 Å². The zero-order valence-corrected chi connectivity index (χ0v) is 12.5. The van der Waals surface area contributed by atoms with Crippen LogP contribution in [0.3, 0.4) is 0 Å². The number of halogens is 2. The lowest BCUT2D eigenvalue weighted by atomic mass is 9.88. The van der Waals surface area contributed by atoms with Crippen molar-refractivity contribution in [1.29, 1.82) is 0 Å². The molecule has 1 aromatic carbocycles. The third-order valence-electron chi connectivity index (χ3n) is 3.49. The Kier molecular flexibility index (Phi) is 6.11. The molecule has 0 saturated carbocycles. The minimum atomic E-state index is -1.11. The fourth-order valence-corrected chi connectivity index (χ4v) is 2.15. The lowest BCUT2D eigenvalue weighted by molar-refractivity contribution is 0.0900. The standard InChI is InChI=1S/C16H22F2O2/c1-5-11(7-6-10(2)3)16(19)12-8-9-13(20-4)15(18)14(12)17/h8-11H,5-7H2,1-4H3. The summed E-state index contributed by atoms with van der Waals surface area (Å²) >= 11 is 0. The number of ketones is 1. The predicted octanol–water partition coefficient (Wildman–Crippen LogP) is 4.62. The Hall–Kier alpha value is -1.45. The Labute approximate surface area is 119 Å². The summed E-state index contributed by atoms with van der Waals surface area (Å²) < 4.78 is 32.3. The molecule has 0 aliphatic heterocycles. The van der Waals surface area contributed by atoms with Crippen molar-refractivity contribution in [3.63, 3.8) is 0 Å². The van der Waals surface area contributed by atoms with E-state index in [0.29, 0.717) is 18.8 Å². The van der Waals surface area contributed by atoms with E-state index < -0.39 is 11.6 Å². The summed E-state index contributed by atoms with van der Waals surface area (Å²) in [6.07, 6.45) is 2.21. The number of hydrogen-bond acceptors (Lipinski definition) is 2. The molecule has 0 radical (unpaired) electrons. The average Bonchev–Trinajstić information content (AvgIpc) is 2.42. The maximum atomic E-state index is 13.9. The van der Waals surface area contributed by atoms with E-state index in [1.54, 1.807) is 0 Å². The fraction of sp³-hybridized carbons (Fsp3) is 0.562. The maximum absolute atomic E-state index is 13.9. The van der Waals surface area contributed by atoms with Gasteiger partial charge in [0.25, 0.3) is 0 Å². The molecule has 0 amide bonds. The molecule has 0 N–H and O–H groups in total. The predicted molar refractivity (Wildman–Crippen MR) is 75.1 cm³/mol. The first-order chi connectivity index (χ1) is 9.42. The number of carbonyl (C=O) groups is 1. The van der Waals surface area contributed by atoms with Crippen LogP contribution in [0.2, 0.25) is 0 Å². The number of ether oxygens (including phenoxy) is 1. The molecule has 0 aromatic heterocycles. The normalized spacial score (nSPS) is 12.6. The van der Waals surface area contributed by atoms with Gasteiger partial charge in [-0.15, -0.1) is 0 Å². The van der Waals surface area contributed by atoms with E-state index in [2.05, 4.69) is 13.8 Å². The van der Waals surface area contributed by atoms with E-state index >= 15 is 0 Å².